The van der Waals surface area contributed by atoms with Crippen LogP contribution >= 0.6 is 11.3 Å². The number of anilines is 1. The van der Waals surface area contributed by atoms with Crippen LogP contribution in [0.4, 0.5) is 5.69 Å². The van der Waals surface area contributed by atoms with Crippen molar-refractivity contribution in [1.82, 2.24) is 20.2 Å². The van der Waals surface area contributed by atoms with Crippen LogP contribution in [0.5, 0.6) is 0 Å². The van der Waals surface area contributed by atoms with E-state index in [-0.39, 0.29) is 11.9 Å². The molecule has 2 aromatic carbocycles. The molecule has 2 N–H and O–H groups in total. The van der Waals surface area contributed by atoms with Gasteiger partial charge in [0.1, 0.15) is 5.82 Å². The highest BCUT2D eigenvalue weighted by atomic mass is 32.1. The Hall–Kier alpha value is -2.90. The zero-order valence-corrected chi connectivity index (χ0v) is 20.8. The molecule has 0 spiro atoms. The molecule has 1 fully saturated rings. The Morgan fingerprint density at radius 2 is 2.03 bits per heavy atom. The second-order valence-corrected chi connectivity index (χ2v) is 10.2. The number of rotatable bonds is 9. The van der Waals surface area contributed by atoms with E-state index in [9.17, 15) is 4.79 Å². The molecule has 34 heavy (non-hydrogen) atoms. The lowest BCUT2D eigenvalue weighted by Crippen LogP contribution is -2.33. The first-order valence-corrected chi connectivity index (χ1v) is 13.2. The van der Waals surface area contributed by atoms with Crippen LogP contribution in [0, 0.1) is 0 Å². The molecule has 7 heteroatoms. The van der Waals surface area contributed by atoms with Gasteiger partial charge in [0.25, 0.3) is 5.91 Å². The topological polar surface area (TPSA) is 64.3 Å². The van der Waals surface area contributed by atoms with Crippen LogP contribution < -0.4 is 10.2 Å². The molecule has 3 heterocycles. The molecule has 0 aliphatic carbocycles. The van der Waals surface area contributed by atoms with Gasteiger partial charge in [-0.05, 0) is 81.1 Å². The van der Waals surface area contributed by atoms with Gasteiger partial charge in [-0.2, -0.15) is 0 Å². The molecule has 0 radical (unpaired) electrons. The Balaban J connectivity index is 1.33. The largest absolute Gasteiger partial charge is 0.362 e. The van der Waals surface area contributed by atoms with Gasteiger partial charge < -0.3 is 20.1 Å². The van der Waals surface area contributed by atoms with Gasteiger partial charge in [-0.3, -0.25) is 4.79 Å². The number of H-pyrrole nitrogens is 1. The van der Waals surface area contributed by atoms with Crippen molar-refractivity contribution in [3.8, 4) is 0 Å². The van der Waals surface area contributed by atoms with Crippen molar-refractivity contribution in [2.24, 2.45) is 0 Å². The van der Waals surface area contributed by atoms with Crippen LogP contribution in [0.1, 0.15) is 54.6 Å². The van der Waals surface area contributed by atoms with Crippen molar-refractivity contribution in [2.45, 2.75) is 39.2 Å². The lowest BCUT2D eigenvalue weighted by atomic mass is 10.1. The highest BCUT2D eigenvalue weighted by Gasteiger charge is 2.20. The SMILES string of the molecule is CCCN(c1ccc2sc(C(=O)NCCN3CCCC3)cc2c1)C(C)c1nc2ccccc2[nH]1. The number of aromatic amines is 1. The van der Waals surface area contributed by atoms with E-state index < -0.39 is 0 Å². The first kappa shape index (κ1) is 22.9. The smallest absolute Gasteiger partial charge is 0.261 e. The number of amides is 1. The van der Waals surface area contributed by atoms with E-state index in [0.29, 0.717) is 6.54 Å². The van der Waals surface area contributed by atoms with Crippen LogP contribution in [-0.4, -0.2) is 53.5 Å². The zero-order valence-electron chi connectivity index (χ0n) is 20.0. The maximum Gasteiger partial charge on any atom is 0.261 e. The molecule has 1 atom stereocenters. The summed E-state index contributed by atoms with van der Waals surface area (Å²) in [5, 5.41) is 4.22. The molecule has 0 bridgehead atoms. The Labute approximate surface area is 205 Å². The van der Waals surface area contributed by atoms with E-state index in [1.54, 1.807) is 11.3 Å². The van der Waals surface area contributed by atoms with Crippen LogP contribution in [0.3, 0.4) is 0 Å². The number of carbonyl (C=O) groups excluding carboxylic acids is 1. The molecule has 4 aromatic rings. The van der Waals surface area contributed by atoms with Crippen LogP contribution in [0.2, 0.25) is 0 Å². The number of imidazole rings is 1. The third kappa shape index (κ3) is 4.81. The average Bonchev–Trinajstić information content (AvgIpc) is 3.60. The molecule has 1 unspecified atom stereocenters. The summed E-state index contributed by atoms with van der Waals surface area (Å²) in [5.74, 6) is 1.00. The van der Waals surface area contributed by atoms with Gasteiger partial charge in [-0.15, -0.1) is 11.3 Å². The van der Waals surface area contributed by atoms with Gasteiger partial charge >= 0.3 is 0 Å². The maximum atomic E-state index is 12.7. The van der Waals surface area contributed by atoms with Crippen LogP contribution in [-0.2, 0) is 0 Å². The summed E-state index contributed by atoms with van der Waals surface area (Å²) < 4.78 is 1.14. The highest BCUT2D eigenvalue weighted by Crippen LogP contribution is 2.33. The molecule has 1 aliphatic rings. The molecule has 1 amide bonds. The average molecular weight is 476 g/mol. The number of nitrogens with zero attached hydrogens (tertiary/aromatic N) is 3. The summed E-state index contributed by atoms with van der Waals surface area (Å²) in [6.07, 6.45) is 3.59. The predicted octanol–water partition coefficient (Wildman–Crippen LogP) is 5.58. The van der Waals surface area contributed by atoms with Gasteiger partial charge in [0.2, 0.25) is 0 Å². The van der Waals surface area contributed by atoms with Crippen molar-refractivity contribution in [3.05, 3.63) is 59.2 Å². The molecule has 178 valence electrons. The molecular weight excluding hydrogens is 442 g/mol. The number of hydrogen-bond acceptors (Lipinski definition) is 5. The highest BCUT2D eigenvalue weighted by molar-refractivity contribution is 7.20. The summed E-state index contributed by atoms with van der Waals surface area (Å²) in [6.45, 7) is 9.28. The van der Waals surface area contributed by atoms with Gasteiger partial charge in [-0.25, -0.2) is 4.98 Å². The monoisotopic (exact) mass is 475 g/mol. The first-order valence-electron chi connectivity index (χ1n) is 12.4. The van der Waals surface area contributed by atoms with Crippen molar-refractivity contribution in [3.63, 3.8) is 0 Å². The minimum Gasteiger partial charge on any atom is -0.362 e. The van der Waals surface area contributed by atoms with E-state index in [1.807, 2.05) is 24.3 Å². The fourth-order valence-electron chi connectivity index (χ4n) is 4.85. The standard InChI is InChI=1S/C27H33N5OS/c1-3-13-32(19(2)26-29-22-8-4-5-9-23(22)30-26)21-10-11-24-20(17-21)18-25(34-24)27(33)28-12-16-31-14-6-7-15-31/h4-5,8-11,17-19H,3,6-7,12-16H2,1-2H3,(H,28,33)(H,29,30). The van der Waals surface area contributed by atoms with Crippen LogP contribution in [0.15, 0.2) is 48.5 Å². The number of nitrogens with one attached hydrogen (secondary N) is 2. The summed E-state index contributed by atoms with van der Waals surface area (Å²) in [7, 11) is 0. The summed E-state index contributed by atoms with van der Waals surface area (Å²) in [4.78, 5) is 26.7. The van der Waals surface area contributed by atoms with Crippen molar-refractivity contribution >= 4 is 44.1 Å². The molecule has 5 rings (SSSR count). The number of thiophene rings is 1. The fraction of sp³-hybridized carbons (Fsp3) is 0.407. The van der Waals surface area contributed by atoms with Crippen molar-refractivity contribution < 1.29 is 4.79 Å². The zero-order chi connectivity index (χ0) is 23.5. The Morgan fingerprint density at radius 1 is 1.21 bits per heavy atom. The Kier molecular flexibility index (Phi) is 6.83. The third-order valence-electron chi connectivity index (χ3n) is 6.70. The van der Waals surface area contributed by atoms with Gasteiger partial charge in [0, 0.05) is 30.0 Å². The predicted molar refractivity (Wildman–Crippen MR) is 142 cm³/mol. The number of para-hydroxylation sites is 2. The van der Waals surface area contributed by atoms with E-state index >= 15 is 0 Å². The summed E-state index contributed by atoms with van der Waals surface area (Å²) >= 11 is 1.57. The van der Waals surface area contributed by atoms with E-state index in [1.165, 1.54) is 12.8 Å². The number of fused-ring (bicyclic) bond motifs is 2. The van der Waals surface area contributed by atoms with Gasteiger partial charge in [-0.1, -0.05) is 19.1 Å². The molecular formula is C27H33N5OS. The molecule has 1 aliphatic heterocycles. The molecule has 2 aromatic heterocycles. The first-order chi connectivity index (χ1) is 16.6. The minimum absolute atomic E-state index is 0.0306. The fourth-order valence-corrected chi connectivity index (χ4v) is 5.81. The van der Waals surface area contributed by atoms with Crippen molar-refractivity contribution in [1.29, 1.82) is 0 Å². The number of hydrogen-bond donors (Lipinski definition) is 2. The Morgan fingerprint density at radius 3 is 2.82 bits per heavy atom. The minimum atomic E-state index is 0.0306. The molecule has 0 saturated carbocycles. The third-order valence-corrected chi connectivity index (χ3v) is 7.82. The van der Waals surface area contributed by atoms with Crippen molar-refractivity contribution in [2.75, 3.05) is 37.6 Å². The van der Waals surface area contributed by atoms with E-state index in [0.717, 1.165) is 70.1 Å². The normalized spacial score (nSPS) is 15.2. The number of benzene rings is 2. The lowest BCUT2D eigenvalue weighted by Gasteiger charge is -2.30. The Bertz CT molecular complexity index is 1240. The second kappa shape index (κ2) is 10.2. The number of likely N-dealkylation sites (tertiary alicyclic amines) is 1. The molecule has 6 nitrogen and oxygen atoms in total. The summed E-state index contributed by atoms with van der Waals surface area (Å²) in [6, 6.07) is 16.8. The quantitative estimate of drug-likeness (QED) is 0.332. The maximum absolute atomic E-state index is 12.7. The molecule has 1 saturated heterocycles. The number of carbonyl (C=O) groups is 1. The number of aromatic nitrogens is 2. The lowest BCUT2D eigenvalue weighted by molar-refractivity contribution is 0.0954. The van der Waals surface area contributed by atoms with Gasteiger partial charge in [0.15, 0.2) is 0 Å². The van der Waals surface area contributed by atoms with Crippen LogP contribution in [0.25, 0.3) is 21.1 Å². The van der Waals surface area contributed by atoms with E-state index in [4.69, 9.17) is 4.98 Å². The van der Waals surface area contributed by atoms with Gasteiger partial charge in [0.05, 0.1) is 22.0 Å². The summed E-state index contributed by atoms with van der Waals surface area (Å²) in [5.41, 5.74) is 3.21. The van der Waals surface area contributed by atoms with E-state index in [2.05, 4.69) is 58.2 Å². The second-order valence-electron chi connectivity index (χ2n) is 9.15.